The molecule has 124 valence electrons. The largest absolute Gasteiger partial charge is 0.444 e. The molecule has 0 aliphatic rings. The number of carbonyl (C=O) groups excluding carboxylic acids is 1. The van der Waals surface area contributed by atoms with Crippen LogP contribution in [0.25, 0.3) is 10.9 Å². The molecule has 7 heteroatoms. The smallest absolute Gasteiger partial charge is 0.413 e. The Labute approximate surface area is 135 Å². The Balaban J connectivity index is 2.52. The first-order chi connectivity index (χ1) is 10.6. The van der Waals surface area contributed by atoms with E-state index in [0.717, 1.165) is 0 Å². The van der Waals surface area contributed by atoms with E-state index in [-0.39, 0.29) is 16.5 Å². The van der Waals surface area contributed by atoms with Crippen LogP contribution in [0.15, 0.2) is 35.2 Å². The first-order valence-corrected chi connectivity index (χ1v) is 8.90. The van der Waals surface area contributed by atoms with Gasteiger partial charge in [0.25, 0.3) is 0 Å². The van der Waals surface area contributed by atoms with Gasteiger partial charge in [-0.05, 0) is 32.9 Å². The molecule has 0 saturated heterocycles. The van der Waals surface area contributed by atoms with Gasteiger partial charge in [0.05, 0.1) is 11.3 Å². The molecule has 0 atom stereocenters. The maximum Gasteiger partial charge on any atom is 0.413 e. The van der Waals surface area contributed by atoms with Gasteiger partial charge in [-0.3, -0.25) is 5.32 Å². The highest BCUT2D eigenvalue weighted by molar-refractivity contribution is 7.91. The number of rotatable bonds is 3. The third-order valence-corrected chi connectivity index (χ3v) is 4.76. The van der Waals surface area contributed by atoms with E-state index < -0.39 is 21.5 Å². The second-order valence-electron chi connectivity index (χ2n) is 6.06. The summed E-state index contributed by atoms with van der Waals surface area (Å²) < 4.78 is 29.8. The highest BCUT2D eigenvalue weighted by Crippen LogP contribution is 2.26. The summed E-state index contributed by atoms with van der Waals surface area (Å²) in [5.74, 6) is -0.101. The van der Waals surface area contributed by atoms with Crippen LogP contribution < -0.4 is 5.32 Å². The summed E-state index contributed by atoms with van der Waals surface area (Å²) in [6.07, 6.45) is -0.743. The number of nitrogens with one attached hydrogen (secondary N) is 1. The Bertz CT molecular complexity index is 839. The average Bonchev–Trinajstić information content (AvgIpc) is 2.44. The lowest BCUT2D eigenvalue weighted by Gasteiger charge is -2.20. The summed E-state index contributed by atoms with van der Waals surface area (Å²) in [5, 5.41) is 3.14. The zero-order valence-electron chi connectivity index (χ0n) is 13.6. The fraction of sp³-hybridized carbons (Fsp3) is 0.375. The Hall–Kier alpha value is -2.15. The summed E-state index contributed by atoms with van der Waals surface area (Å²) in [7, 11) is -3.54. The van der Waals surface area contributed by atoms with Crippen LogP contribution in [-0.4, -0.2) is 30.8 Å². The molecule has 0 saturated carbocycles. The lowest BCUT2D eigenvalue weighted by molar-refractivity contribution is 0.0635. The molecule has 6 nitrogen and oxygen atoms in total. The molecule has 0 fully saturated rings. The van der Waals surface area contributed by atoms with Gasteiger partial charge < -0.3 is 4.74 Å². The summed E-state index contributed by atoms with van der Waals surface area (Å²) in [4.78, 5) is 16.2. The SMILES string of the molecule is CCS(=O)(=O)c1cc2ccccc2nc1NC(=O)OC(C)(C)C. The predicted molar refractivity (Wildman–Crippen MR) is 89.3 cm³/mol. The van der Waals surface area contributed by atoms with Gasteiger partial charge in [0.15, 0.2) is 15.7 Å². The second kappa shape index (κ2) is 6.16. The highest BCUT2D eigenvalue weighted by atomic mass is 32.2. The second-order valence-corrected chi connectivity index (χ2v) is 8.30. The van der Waals surface area contributed by atoms with Crippen LogP contribution in [0.4, 0.5) is 10.6 Å². The minimum Gasteiger partial charge on any atom is -0.444 e. The number of nitrogens with zero attached hydrogens (tertiary/aromatic N) is 1. The van der Waals surface area contributed by atoms with E-state index in [1.165, 1.54) is 6.07 Å². The maximum atomic E-state index is 12.3. The number of para-hydroxylation sites is 1. The Morgan fingerprint density at radius 2 is 1.91 bits per heavy atom. The summed E-state index contributed by atoms with van der Waals surface area (Å²) in [6.45, 7) is 6.72. The molecular weight excluding hydrogens is 316 g/mol. The zero-order valence-corrected chi connectivity index (χ0v) is 14.4. The molecule has 1 heterocycles. The van der Waals surface area contributed by atoms with E-state index in [1.807, 2.05) is 0 Å². The number of sulfone groups is 1. The van der Waals surface area contributed by atoms with Crippen molar-refractivity contribution >= 4 is 32.7 Å². The number of hydrogen-bond donors (Lipinski definition) is 1. The van der Waals surface area contributed by atoms with Crippen molar-refractivity contribution in [3.05, 3.63) is 30.3 Å². The third-order valence-electron chi connectivity index (χ3n) is 3.02. The van der Waals surface area contributed by atoms with Gasteiger partial charge in [-0.25, -0.2) is 18.2 Å². The molecule has 0 bridgehead atoms. The molecule has 1 amide bonds. The Kier molecular flexibility index (Phi) is 4.61. The van der Waals surface area contributed by atoms with Crippen LogP contribution in [0.2, 0.25) is 0 Å². The van der Waals surface area contributed by atoms with E-state index >= 15 is 0 Å². The van der Waals surface area contributed by atoms with Crippen LogP contribution >= 0.6 is 0 Å². The van der Waals surface area contributed by atoms with Crippen molar-refractivity contribution in [2.45, 2.75) is 38.2 Å². The number of carbonyl (C=O) groups is 1. The minimum atomic E-state index is -3.54. The normalized spacial score (nSPS) is 12.2. The summed E-state index contributed by atoms with van der Waals surface area (Å²) in [5.41, 5.74) is -0.0984. The molecule has 0 aliphatic carbocycles. The summed E-state index contributed by atoms with van der Waals surface area (Å²) >= 11 is 0. The van der Waals surface area contributed by atoms with Crippen molar-refractivity contribution in [2.75, 3.05) is 11.1 Å². The van der Waals surface area contributed by atoms with E-state index in [0.29, 0.717) is 10.9 Å². The predicted octanol–water partition coefficient (Wildman–Crippen LogP) is 3.38. The van der Waals surface area contributed by atoms with Crippen molar-refractivity contribution in [2.24, 2.45) is 0 Å². The van der Waals surface area contributed by atoms with E-state index in [4.69, 9.17) is 4.74 Å². The fourth-order valence-corrected chi connectivity index (χ4v) is 2.99. The van der Waals surface area contributed by atoms with Gasteiger partial charge in [-0.2, -0.15) is 0 Å². The number of amides is 1. The number of anilines is 1. The zero-order chi connectivity index (χ0) is 17.3. The number of benzene rings is 1. The maximum absolute atomic E-state index is 12.3. The van der Waals surface area contributed by atoms with Crippen LogP contribution in [0, 0.1) is 0 Å². The molecule has 2 aromatic rings. The summed E-state index contributed by atoms with van der Waals surface area (Å²) in [6, 6.07) is 8.63. The van der Waals surface area contributed by atoms with Gasteiger partial charge >= 0.3 is 6.09 Å². The van der Waals surface area contributed by atoms with E-state index in [2.05, 4.69) is 10.3 Å². The van der Waals surface area contributed by atoms with Gasteiger partial charge in [0, 0.05) is 5.39 Å². The molecule has 1 N–H and O–H groups in total. The van der Waals surface area contributed by atoms with Crippen molar-refractivity contribution < 1.29 is 17.9 Å². The van der Waals surface area contributed by atoms with Crippen molar-refractivity contribution in [1.82, 2.24) is 4.98 Å². The van der Waals surface area contributed by atoms with Gasteiger partial charge in [-0.15, -0.1) is 0 Å². The number of ether oxygens (including phenoxy) is 1. The van der Waals surface area contributed by atoms with E-state index in [9.17, 15) is 13.2 Å². The van der Waals surface area contributed by atoms with Crippen molar-refractivity contribution in [3.63, 3.8) is 0 Å². The number of pyridine rings is 1. The van der Waals surface area contributed by atoms with Crippen LogP contribution in [0.1, 0.15) is 27.7 Å². The van der Waals surface area contributed by atoms with Crippen LogP contribution in [0.5, 0.6) is 0 Å². The molecule has 2 rings (SSSR count). The lowest BCUT2D eigenvalue weighted by atomic mass is 10.2. The quantitative estimate of drug-likeness (QED) is 0.928. The first-order valence-electron chi connectivity index (χ1n) is 7.25. The van der Waals surface area contributed by atoms with Crippen LogP contribution in [-0.2, 0) is 14.6 Å². The van der Waals surface area contributed by atoms with Gasteiger partial charge in [0.2, 0.25) is 0 Å². The lowest BCUT2D eigenvalue weighted by Crippen LogP contribution is -2.28. The minimum absolute atomic E-state index is 0.00967. The number of aromatic nitrogens is 1. The Morgan fingerprint density at radius 1 is 1.26 bits per heavy atom. The molecule has 0 spiro atoms. The van der Waals surface area contributed by atoms with Crippen molar-refractivity contribution in [3.8, 4) is 0 Å². The topological polar surface area (TPSA) is 85.4 Å². The monoisotopic (exact) mass is 336 g/mol. The first kappa shape index (κ1) is 17.2. The highest BCUT2D eigenvalue weighted by Gasteiger charge is 2.23. The molecule has 23 heavy (non-hydrogen) atoms. The standard InChI is InChI=1S/C16H20N2O4S/c1-5-23(20,21)13-10-11-8-6-7-9-12(11)17-14(13)18-15(19)22-16(2,3)4/h6-10H,5H2,1-4H3,(H,17,18,19). The van der Waals surface area contributed by atoms with E-state index in [1.54, 1.807) is 52.0 Å². The fourth-order valence-electron chi connectivity index (χ4n) is 1.98. The molecule has 0 unspecified atom stereocenters. The molecule has 0 aliphatic heterocycles. The third kappa shape index (κ3) is 4.19. The Morgan fingerprint density at radius 3 is 2.52 bits per heavy atom. The van der Waals surface area contributed by atoms with Gasteiger partial charge in [0.1, 0.15) is 10.5 Å². The molecule has 1 aromatic heterocycles. The van der Waals surface area contributed by atoms with Crippen molar-refractivity contribution in [1.29, 1.82) is 0 Å². The van der Waals surface area contributed by atoms with Gasteiger partial charge in [-0.1, -0.05) is 25.1 Å². The molecule has 0 radical (unpaired) electrons. The van der Waals surface area contributed by atoms with Crippen LogP contribution in [0.3, 0.4) is 0 Å². The molecular formula is C16H20N2O4S. The molecule has 1 aromatic carbocycles. The number of fused-ring (bicyclic) bond motifs is 1. The average molecular weight is 336 g/mol. The number of hydrogen-bond acceptors (Lipinski definition) is 5.